The molecule has 0 saturated heterocycles. The highest BCUT2D eigenvalue weighted by atomic mass is 35.5. The Labute approximate surface area is 98.0 Å². The monoisotopic (exact) mass is 271 g/mol. The molecule has 3 nitrogen and oxygen atoms in total. The molecule has 0 aromatic heterocycles. The summed E-state index contributed by atoms with van der Waals surface area (Å²) in [5.41, 5.74) is 0. The van der Waals surface area contributed by atoms with Crippen LogP contribution in [0.15, 0.2) is 23.1 Å². The maximum absolute atomic E-state index is 11.9. The Morgan fingerprint density at radius 3 is 2.69 bits per heavy atom. The molecule has 1 rings (SSSR count). The van der Waals surface area contributed by atoms with Crippen molar-refractivity contribution >= 4 is 30.0 Å². The zero-order valence-electron chi connectivity index (χ0n) is 7.55. The van der Waals surface area contributed by atoms with Gasteiger partial charge in [0.15, 0.2) is 0 Å². The third kappa shape index (κ3) is 4.19. The number of alkyl halides is 3. The van der Waals surface area contributed by atoms with Gasteiger partial charge in [-0.1, -0.05) is 11.6 Å². The number of carbonyl (C=O) groups is 1. The first-order valence-corrected chi connectivity index (χ1v) is 5.03. The van der Waals surface area contributed by atoms with E-state index in [2.05, 4.69) is 9.46 Å². The Hall–Kier alpha value is -1.08. The molecule has 1 amide bonds. The fraction of sp³-hybridized carbons (Fsp3) is 0.125. The van der Waals surface area contributed by atoms with Crippen molar-refractivity contribution < 1.29 is 22.7 Å². The van der Waals surface area contributed by atoms with E-state index in [1.54, 1.807) is 0 Å². The molecule has 88 valence electrons. The van der Waals surface area contributed by atoms with Crippen LogP contribution in [0.25, 0.3) is 0 Å². The van der Waals surface area contributed by atoms with Crippen molar-refractivity contribution in [3.63, 3.8) is 0 Å². The van der Waals surface area contributed by atoms with E-state index in [4.69, 9.17) is 11.6 Å². The summed E-state index contributed by atoms with van der Waals surface area (Å²) in [7, 11) is 0. The lowest BCUT2D eigenvalue weighted by Crippen LogP contribution is -2.17. The molecule has 1 N–H and O–H groups in total. The molecule has 0 radical (unpaired) electrons. The van der Waals surface area contributed by atoms with E-state index in [0.717, 1.165) is 18.0 Å². The first kappa shape index (κ1) is 13.0. The SMILES string of the molecule is O=CNSc1ccc(Cl)c(OC(F)(F)F)c1. The predicted molar refractivity (Wildman–Crippen MR) is 53.2 cm³/mol. The molecule has 1 aromatic rings. The lowest BCUT2D eigenvalue weighted by molar-refractivity contribution is -0.274. The maximum Gasteiger partial charge on any atom is 0.573 e. The zero-order chi connectivity index (χ0) is 12.2. The van der Waals surface area contributed by atoms with Gasteiger partial charge < -0.3 is 4.74 Å². The van der Waals surface area contributed by atoms with Gasteiger partial charge in [-0.2, -0.15) is 0 Å². The van der Waals surface area contributed by atoms with Crippen molar-refractivity contribution in [2.75, 3.05) is 0 Å². The van der Waals surface area contributed by atoms with Gasteiger partial charge in [0.05, 0.1) is 5.02 Å². The van der Waals surface area contributed by atoms with Gasteiger partial charge in [0.2, 0.25) is 6.41 Å². The van der Waals surface area contributed by atoms with E-state index in [1.165, 1.54) is 12.1 Å². The molecule has 0 spiro atoms. The molecular formula is C8H5ClF3NO2S. The number of nitrogens with one attached hydrogen (secondary N) is 1. The van der Waals surface area contributed by atoms with Crippen LogP contribution in [0.5, 0.6) is 5.75 Å². The lowest BCUT2D eigenvalue weighted by atomic mass is 10.3. The van der Waals surface area contributed by atoms with Crippen LogP contribution in [0.1, 0.15) is 0 Å². The molecule has 16 heavy (non-hydrogen) atoms. The summed E-state index contributed by atoms with van der Waals surface area (Å²) < 4.78 is 41.8. The summed E-state index contributed by atoms with van der Waals surface area (Å²) in [6.07, 6.45) is -4.39. The third-order valence-electron chi connectivity index (χ3n) is 1.35. The molecule has 0 unspecified atom stereocenters. The van der Waals surface area contributed by atoms with Crippen LogP contribution in [0, 0.1) is 0 Å². The Morgan fingerprint density at radius 2 is 2.12 bits per heavy atom. The number of halogens is 4. The van der Waals surface area contributed by atoms with Crippen molar-refractivity contribution in [1.29, 1.82) is 0 Å². The Kier molecular flexibility index (Phi) is 4.31. The Morgan fingerprint density at radius 1 is 1.44 bits per heavy atom. The Bertz CT molecular complexity index is 386. The molecule has 8 heteroatoms. The molecular weight excluding hydrogens is 267 g/mol. The van der Waals surface area contributed by atoms with Gasteiger partial charge in [-0.15, -0.1) is 13.2 Å². The summed E-state index contributed by atoms with van der Waals surface area (Å²) in [5.74, 6) is -0.508. The van der Waals surface area contributed by atoms with Gasteiger partial charge >= 0.3 is 6.36 Å². The average Bonchev–Trinajstić information content (AvgIpc) is 2.17. The second kappa shape index (κ2) is 5.31. The van der Waals surface area contributed by atoms with Gasteiger partial charge in [0, 0.05) is 4.90 Å². The number of benzene rings is 1. The van der Waals surface area contributed by atoms with Crippen LogP contribution in [0.2, 0.25) is 5.02 Å². The molecule has 0 aliphatic carbocycles. The molecule has 1 aromatic carbocycles. The minimum absolute atomic E-state index is 0.159. The second-order valence-electron chi connectivity index (χ2n) is 2.48. The molecule has 0 heterocycles. The Balaban J connectivity index is 2.86. The summed E-state index contributed by atoms with van der Waals surface area (Å²) in [5, 5.41) is -0.159. The molecule has 0 bridgehead atoms. The fourth-order valence-corrected chi connectivity index (χ4v) is 1.48. The molecule has 0 aliphatic heterocycles. The van der Waals surface area contributed by atoms with Gasteiger partial charge in [-0.3, -0.25) is 9.52 Å². The minimum Gasteiger partial charge on any atom is -0.404 e. The summed E-state index contributed by atoms with van der Waals surface area (Å²) in [6, 6.07) is 3.78. The maximum atomic E-state index is 11.9. The van der Waals surface area contributed by atoms with E-state index in [9.17, 15) is 18.0 Å². The predicted octanol–water partition coefficient (Wildman–Crippen LogP) is 2.99. The van der Waals surface area contributed by atoms with E-state index >= 15 is 0 Å². The summed E-state index contributed by atoms with van der Waals surface area (Å²) in [6.45, 7) is 0. The van der Waals surface area contributed by atoms with Crippen LogP contribution in [-0.4, -0.2) is 12.8 Å². The van der Waals surface area contributed by atoms with Crippen LogP contribution in [0.4, 0.5) is 13.2 Å². The van der Waals surface area contributed by atoms with E-state index in [0.29, 0.717) is 11.3 Å². The van der Waals surface area contributed by atoms with Gasteiger partial charge in [-0.25, -0.2) is 0 Å². The highest BCUT2D eigenvalue weighted by Gasteiger charge is 2.32. The zero-order valence-corrected chi connectivity index (χ0v) is 9.12. The van der Waals surface area contributed by atoms with Gasteiger partial charge in [0.1, 0.15) is 5.75 Å². The minimum atomic E-state index is -4.80. The average molecular weight is 272 g/mol. The fourth-order valence-electron chi connectivity index (χ4n) is 0.842. The van der Waals surface area contributed by atoms with Crippen molar-refractivity contribution in [3.05, 3.63) is 23.2 Å². The number of hydrogen-bond acceptors (Lipinski definition) is 3. The van der Waals surface area contributed by atoms with Crippen LogP contribution < -0.4 is 9.46 Å². The first-order valence-electron chi connectivity index (χ1n) is 3.83. The standard InChI is InChI=1S/C8H5ClF3NO2S/c9-6-2-1-5(16-13-4-14)3-7(6)15-8(10,11)12/h1-4H,(H,13,14). The van der Waals surface area contributed by atoms with Crippen LogP contribution in [-0.2, 0) is 4.79 Å². The second-order valence-corrected chi connectivity index (χ2v) is 3.80. The van der Waals surface area contributed by atoms with E-state index in [1.807, 2.05) is 0 Å². The number of rotatable bonds is 4. The van der Waals surface area contributed by atoms with E-state index < -0.39 is 12.1 Å². The first-order chi connectivity index (χ1) is 7.42. The highest BCUT2D eigenvalue weighted by molar-refractivity contribution is 7.97. The summed E-state index contributed by atoms with van der Waals surface area (Å²) >= 11 is 6.36. The number of ether oxygens (including phenoxy) is 1. The number of carbonyl (C=O) groups excluding carboxylic acids is 1. The van der Waals surface area contributed by atoms with Crippen molar-refractivity contribution in [3.8, 4) is 5.75 Å². The quantitative estimate of drug-likeness (QED) is 0.676. The molecule has 0 atom stereocenters. The lowest BCUT2D eigenvalue weighted by Gasteiger charge is -2.11. The van der Waals surface area contributed by atoms with Crippen molar-refractivity contribution in [2.24, 2.45) is 0 Å². The van der Waals surface area contributed by atoms with Crippen LogP contribution in [0.3, 0.4) is 0 Å². The molecule has 0 aliphatic rings. The summed E-state index contributed by atoms with van der Waals surface area (Å²) in [4.78, 5) is 10.4. The molecule has 0 saturated carbocycles. The van der Waals surface area contributed by atoms with Crippen molar-refractivity contribution in [2.45, 2.75) is 11.3 Å². The van der Waals surface area contributed by atoms with Gasteiger partial charge in [0.25, 0.3) is 0 Å². The van der Waals surface area contributed by atoms with Gasteiger partial charge in [-0.05, 0) is 30.1 Å². The normalized spacial score (nSPS) is 11.0. The number of hydrogen-bond donors (Lipinski definition) is 1. The molecule has 0 fully saturated rings. The topological polar surface area (TPSA) is 38.3 Å². The largest absolute Gasteiger partial charge is 0.573 e. The smallest absolute Gasteiger partial charge is 0.404 e. The third-order valence-corrected chi connectivity index (χ3v) is 2.37. The highest BCUT2D eigenvalue weighted by Crippen LogP contribution is 2.32. The van der Waals surface area contributed by atoms with E-state index in [-0.39, 0.29) is 5.02 Å². The van der Waals surface area contributed by atoms with Crippen LogP contribution >= 0.6 is 23.5 Å². The van der Waals surface area contributed by atoms with Crippen molar-refractivity contribution in [1.82, 2.24) is 4.72 Å². The number of amides is 1.